The van der Waals surface area contributed by atoms with Crippen LogP contribution in [0, 0.1) is 23.7 Å². The maximum atomic E-state index is 14.3. The highest BCUT2D eigenvalue weighted by Gasteiger charge is 2.37. The van der Waals surface area contributed by atoms with Gasteiger partial charge < -0.3 is 52.4 Å². The van der Waals surface area contributed by atoms with Crippen LogP contribution in [0.15, 0.2) is 160 Å². The van der Waals surface area contributed by atoms with Gasteiger partial charge >= 0.3 is 24.0 Å². The van der Waals surface area contributed by atoms with Crippen molar-refractivity contribution in [3.05, 3.63) is 167 Å². The van der Waals surface area contributed by atoms with Crippen molar-refractivity contribution < 1.29 is 62.2 Å². The number of carbonyl (C=O) groups excluding carboxylic acids is 11. The Balaban J connectivity index is 0.000000271. The number of hydrazone groups is 2. The van der Waals surface area contributed by atoms with E-state index < -0.39 is 102 Å². The number of urea groups is 2. The lowest BCUT2D eigenvalue weighted by atomic mass is 9.81. The molecule has 562 valence electrons. The molecule has 0 saturated heterocycles. The molecular weight excluding hydrogens is 1360 g/mol. The first-order valence-electron chi connectivity index (χ1n) is 35.4. The summed E-state index contributed by atoms with van der Waals surface area (Å²) in [6.07, 6.45) is 5.44. The zero-order valence-electron chi connectivity index (χ0n) is 61.0. The minimum Gasteiger partial charge on any atom is -0.460 e. The van der Waals surface area contributed by atoms with E-state index in [1.807, 2.05) is 72.8 Å². The second kappa shape index (κ2) is 38.3. The monoisotopic (exact) mass is 1450 g/mol. The lowest BCUT2D eigenvalue weighted by Gasteiger charge is -2.27. The van der Waals surface area contributed by atoms with Crippen LogP contribution in [0.2, 0.25) is 0 Å². The van der Waals surface area contributed by atoms with Crippen LogP contribution in [0.4, 0.5) is 21.0 Å². The van der Waals surface area contributed by atoms with Gasteiger partial charge in [-0.25, -0.2) is 25.4 Å². The largest absolute Gasteiger partial charge is 0.460 e. The molecule has 2 heterocycles. The summed E-state index contributed by atoms with van der Waals surface area (Å²) in [7, 11) is 3.26. The first-order chi connectivity index (χ1) is 50.6. The van der Waals surface area contributed by atoms with Crippen molar-refractivity contribution in [2.24, 2.45) is 49.6 Å². The van der Waals surface area contributed by atoms with Gasteiger partial charge in [0.15, 0.2) is 6.17 Å². The number of aliphatic imine (C=N–C) groups is 2. The number of benzodiazepines with no additional fused rings is 2. The molecule has 29 heteroatoms. The van der Waals surface area contributed by atoms with Crippen LogP contribution >= 0.6 is 0 Å². The fourth-order valence-corrected chi connectivity index (χ4v) is 12.5. The third-order valence-corrected chi connectivity index (χ3v) is 17.6. The molecule has 11 amide bonds. The Bertz CT molecular complexity index is 4050. The predicted octanol–water partition coefficient (Wildman–Crippen LogP) is 5.89. The van der Waals surface area contributed by atoms with E-state index in [9.17, 15) is 52.7 Å². The highest BCUT2D eigenvalue weighted by Crippen LogP contribution is 2.32. The molecular formula is C77H96N16O13. The molecule has 4 aliphatic rings. The number of nitrogens with zero attached hydrogens (tertiary/aromatic N) is 6. The van der Waals surface area contributed by atoms with Gasteiger partial charge in [-0.15, -0.1) is 0 Å². The number of ether oxygens (including phenoxy) is 2. The van der Waals surface area contributed by atoms with Crippen molar-refractivity contribution >= 4 is 101 Å². The summed E-state index contributed by atoms with van der Waals surface area (Å²) in [5.74, 6) is -3.74. The summed E-state index contributed by atoms with van der Waals surface area (Å²) in [4.78, 5) is 155. The second-order valence-corrected chi connectivity index (χ2v) is 28.1. The average Bonchev–Trinajstić information content (AvgIpc) is 1.62. The summed E-state index contributed by atoms with van der Waals surface area (Å²) in [6.45, 7) is 10.2. The van der Waals surface area contributed by atoms with Crippen LogP contribution in [0.3, 0.4) is 0 Å². The standard InChI is InChI=1S/C42H50N8O7.C35H46N8O6/c1-42(2,3)57-35(52)23-31(25-45-49-41(56)44-24-27-19-21-30(22-20-27)38(53)43-4)46-34(51)26-50-33-18-12-11-17-32(33)36(28-13-7-5-8-14-28)47-37(40(50)55)48-39(54)29-15-9-6-10-16-29;1-35(2,3)49-29(45)18-25(20-39-42-34(48)38-19-22-14-16-24(17-15-22)32(46)37-4)40-28(44)21-43-27-13-9-8-12-26(27)30(41-31(36)33(43)47)23-10-6-5-7-11-23/h5-18,25,27,30-31,37H,19-24,26H2,1-4H3,(H,43,53)(H,46,51)(H,48,54)(H2,44,49,56);5-13,20,22,24-25,31H,14-19,21,36H2,1-4H3,(H,37,46)(H,40,44)(H2,38,42,48)/b45-25+;39-20+/t27?,30?,31-,37?;22?,24?,25-,31?/m00/s1. The van der Waals surface area contributed by atoms with Crippen LogP contribution < -0.4 is 63.6 Å². The first kappa shape index (κ1) is 80.2. The number of benzene rings is 5. The number of carbonyl (C=O) groups is 11. The molecule has 0 bridgehead atoms. The van der Waals surface area contributed by atoms with E-state index in [0.29, 0.717) is 58.1 Å². The van der Waals surface area contributed by atoms with Crippen molar-refractivity contribution in [2.75, 3.05) is 50.1 Å². The minimum absolute atomic E-state index is 0.000781. The molecule has 5 aromatic carbocycles. The van der Waals surface area contributed by atoms with Gasteiger partial charge in [0.25, 0.3) is 17.7 Å². The number of hydrogen-bond acceptors (Lipinski definition) is 18. The molecule has 106 heavy (non-hydrogen) atoms. The van der Waals surface area contributed by atoms with Crippen LogP contribution in [-0.4, -0.2) is 165 Å². The first-order valence-corrected chi connectivity index (χ1v) is 35.4. The number of nitrogens with one attached hydrogen (secondary N) is 9. The Morgan fingerprint density at radius 3 is 1.30 bits per heavy atom. The van der Waals surface area contributed by atoms with Crippen LogP contribution in [0.25, 0.3) is 0 Å². The second-order valence-electron chi connectivity index (χ2n) is 28.1. The maximum Gasteiger partial charge on any atom is 0.335 e. The van der Waals surface area contributed by atoms with Crippen molar-refractivity contribution in [1.29, 1.82) is 0 Å². The summed E-state index contributed by atoms with van der Waals surface area (Å²) < 4.78 is 10.9. The van der Waals surface area contributed by atoms with E-state index in [2.05, 4.69) is 63.3 Å². The number of fused-ring (bicyclic) bond motifs is 2. The molecule has 0 spiro atoms. The Kier molecular flexibility index (Phi) is 29.0. The van der Waals surface area contributed by atoms with Crippen molar-refractivity contribution in [3.63, 3.8) is 0 Å². The van der Waals surface area contributed by atoms with Gasteiger partial charge in [0.1, 0.15) is 24.3 Å². The molecule has 2 aliphatic carbocycles. The topological polar surface area (TPSA) is 396 Å². The molecule has 4 atom stereocenters. The molecule has 2 aliphatic heterocycles. The van der Waals surface area contributed by atoms with E-state index in [1.54, 1.807) is 122 Å². The van der Waals surface area contributed by atoms with Gasteiger partial charge in [-0.3, -0.25) is 57.9 Å². The van der Waals surface area contributed by atoms with Gasteiger partial charge in [0.05, 0.1) is 47.7 Å². The number of esters is 2. The summed E-state index contributed by atoms with van der Waals surface area (Å²) >= 11 is 0. The zero-order chi connectivity index (χ0) is 76.5. The van der Waals surface area contributed by atoms with Gasteiger partial charge in [0, 0.05) is 79.3 Å². The lowest BCUT2D eigenvalue weighted by Crippen LogP contribution is -2.51. The molecule has 29 nitrogen and oxygen atoms in total. The predicted molar refractivity (Wildman–Crippen MR) is 401 cm³/mol. The van der Waals surface area contributed by atoms with E-state index in [-0.39, 0.29) is 48.3 Å². The van der Waals surface area contributed by atoms with E-state index in [4.69, 9.17) is 20.2 Å². The van der Waals surface area contributed by atoms with Crippen LogP contribution in [0.1, 0.15) is 138 Å². The third kappa shape index (κ3) is 24.3. The molecule has 0 radical (unpaired) electrons. The fourth-order valence-electron chi connectivity index (χ4n) is 12.5. The highest BCUT2D eigenvalue weighted by atomic mass is 16.6. The van der Waals surface area contributed by atoms with Gasteiger partial charge in [-0.2, -0.15) is 10.2 Å². The summed E-state index contributed by atoms with van der Waals surface area (Å²) in [5.41, 5.74) is 14.2. The molecule has 5 aromatic rings. The molecule has 2 unspecified atom stereocenters. The van der Waals surface area contributed by atoms with Gasteiger partial charge in [0.2, 0.25) is 29.8 Å². The summed E-state index contributed by atoms with van der Waals surface area (Å²) in [5, 5.41) is 27.1. The van der Waals surface area contributed by atoms with Crippen molar-refractivity contribution in [3.8, 4) is 0 Å². The van der Waals surface area contributed by atoms with E-state index >= 15 is 0 Å². The number of nitrogens with two attached hydrogens (primary N) is 1. The molecule has 9 rings (SSSR count). The number of anilines is 2. The van der Waals surface area contributed by atoms with E-state index in [1.165, 1.54) is 22.2 Å². The minimum atomic E-state index is -1.40. The van der Waals surface area contributed by atoms with Crippen molar-refractivity contribution in [1.82, 2.24) is 48.1 Å². The quantitative estimate of drug-likeness (QED) is 0.0196. The lowest BCUT2D eigenvalue weighted by molar-refractivity contribution is -0.156. The van der Waals surface area contributed by atoms with E-state index in [0.717, 1.165) is 56.9 Å². The highest BCUT2D eigenvalue weighted by molar-refractivity contribution is 6.22. The molecule has 11 N–H and O–H groups in total. The fraction of sp³-hybridized carbons (Fsp3) is 0.416. The number of rotatable bonds is 24. The Labute approximate surface area is 616 Å². The maximum absolute atomic E-state index is 14.3. The SMILES string of the molecule is CNC(=O)C1CCC(CNC(=O)N/N=C/[C@H](CC(=O)OC(C)(C)C)NC(=O)CN2C(=O)C(N)N=C(c3ccccc3)c3ccccc32)CC1.CNC(=O)C1CCC(CNC(=O)N/N=C/[C@H](CC(=O)OC(C)(C)C)NC(=O)CN2C(=O)C(NC(=O)c3ccccc3)N=C(c3ccccc3)c3ccccc32)CC1. The van der Waals surface area contributed by atoms with Crippen LogP contribution in [0.5, 0.6) is 0 Å². The normalized spacial score (nSPS) is 19.2. The zero-order valence-corrected chi connectivity index (χ0v) is 61.0. The average molecular weight is 1450 g/mol. The summed E-state index contributed by atoms with van der Waals surface area (Å²) in [6, 6.07) is 37.8. The van der Waals surface area contributed by atoms with Gasteiger partial charge in [-0.05, 0) is 129 Å². The van der Waals surface area contributed by atoms with Crippen molar-refractivity contribution in [2.45, 2.75) is 141 Å². The molecule has 2 fully saturated rings. The molecule has 0 aromatic heterocycles. The number of hydrogen-bond donors (Lipinski definition) is 10. The Morgan fingerprint density at radius 1 is 0.519 bits per heavy atom. The Morgan fingerprint density at radius 2 is 0.896 bits per heavy atom. The van der Waals surface area contributed by atoms with Gasteiger partial charge in [-0.1, -0.05) is 115 Å². The number of amides is 11. The van der Waals surface area contributed by atoms with Crippen LogP contribution in [-0.2, 0) is 47.8 Å². The Hall–Kier alpha value is -11.5. The smallest absolute Gasteiger partial charge is 0.335 e. The number of para-hydroxylation sites is 2. The molecule has 2 saturated carbocycles. The third-order valence-electron chi connectivity index (χ3n) is 17.6.